The largest absolute Gasteiger partial charge is 0.514 e. The lowest BCUT2D eigenvalue weighted by atomic mass is 9.78. The van der Waals surface area contributed by atoms with E-state index in [1.165, 1.54) is 0 Å². The number of hydrogen-bond acceptors (Lipinski definition) is 4. The number of rotatable bonds is 7. The van der Waals surface area contributed by atoms with Gasteiger partial charge in [-0.3, -0.25) is 0 Å². The SMILES string of the molecule is CC(CCC(C)(O)C(F)(F)F)C(C)C(C)c1ccc(OC(=O)OC(C)(C)C)cc1. The van der Waals surface area contributed by atoms with Gasteiger partial charge in [0, 0.05) is 0 Å². The van der Waals surface area contributed by atoms with Crippen LogP contribution in [0.4, 0.5) is 18.0 Å². The van der Waals surface area contributed by atoms with E-state index in [4.69, 9.17) is 9.47 Å². The number of alkyl halides is 3. The summed E-state index contributed by atoms with van der Waals surface area (Å²) >= 11 is 0. The van der Waals surface area contributed by atoms with Gasteiger partial charge in [-0.15, -0.1) is 0 Å². The zero-order valence-corrected chi connectivity index (χ0v) is 18.3. The Kier molecular flexibility index (Phi) is 8.17. The molecule has 0 saturated heterocycles. The molecule has 29 heavy (non-hydrogen) atoms. The van der Waals surface area contributed by atoms with Gasteiger partial charge in [-0.25, -0.2) is 4.79 Å². The fourth-order valence-corrected chi connectivity index (χ4v) is 2.92. The predicted octanol–water partition coefficient (Wildman–Crippen LogP) is 6.47. The van der Waals surface area contributed by atoms with E-state index < -0.39 is 23.5 Å². The predicted molar refractivity (Wildman–Crippen MR) is 106 cm³/mol. The normalized spacial score (nSPS) is 17.8. The first-order valence-corrected chi connectivity index (χ1v) is 9.83. The average molecular weight is 418 g/mol. The molecule has 1 N–H and O–H groups in total. The first kappa shape index (κ1) is 25.3. The standard InChI is InChI=1S/C22H33F3O4/c1-14(12-13-21(7,27)22(23,24)25)15(2)16(3)17-8-10-18(11-9-17)28-19(26)29-20(4,5)6/h8-11,14-16,27H,12-13H2,1-7H3. The van der Waals surface area contributed by atoms with Crippen LogP contribution in [0.15, 0.2) is 24.3 Å². The van der Waals surface area contributed by atoms with Gasteiger partial charge in [-0.05, 0) is 76.0 Å². The molecule has 7 heteroatoms. The lowest BCUT2D eigenvalue weighted by Gasteiger charge is -2.31. The van der Waals surface area contributed by atoms with E-state index in [9.17, 15) is 23.1 Å². The Morgan fingerprint density at radius 3 is 2.00 bits per heavy atom. The molecule has 0 spiro atoms. The van der Waals surface area contributed by atoms with Gasteiger partial charge in [0.2, 0.25) is 0 Å². The fourth-order valence-electron chi connectivity index (χ4n) is 2.92. The van der Waals surface area contributed by atoms with Crippen LogP contribution in [0.1, 0.15) is 72.8 Å². The van der Waals surface area contributed by atoms with Crippen molar-refractivity contribution in [1.29, 1.82) is 0 Å². The maximum absolute atomic E-state index is 12.8. The summed E-state index contributed by atoms with van der Waals surface area (Å²) in [6.45, 7) is 11.9. The molecule has 0 aliphatic rings. The molecule has 0 fully saturated rings. The van der Waals surface area contributed by atoms with Crippen LogP contribution < -0.4 is 4.74 Å². The van der Waals surface area contributed by atoms with Crippen molar-refractivity contribution >= 4 is 6.16 Å². The first-order chi connectivity index (χ1) is 13.0. The molecule has 0 radical (unpaired) electrons. The van der Waals surface area contributed by atoms with Crippen LogP contribution in [0.3, 0.4) is 0 Å². The minimum Gasteiger partial charge on any atom is -0.428 e. The van der Waals surface area contributed by atoms with E-state index in [1.807, 2.05) is 32.9 Å². The van der Waals surface area contributed by atoms with Crippen LogP contribution in [0.5, 0.6) is 5.75 Å². The number of aliphatic hydroxyl groups is 1. The molecule has 0 bridgehead atoms. The zero-order valence-electron chi connectivity index (χ0n) is 18.3. The average Bonchev–Trinajstić information content (AvgIpc) is 2.56. The third-order valence-corrected chi connectivity index (χ3v) is 5.38. The van der Waals surface area contributed by atoms with Gasteiger partial charge < -0.3 is 14.6 Å². The van der Waals surface area contributed by atoms with Gasteiger partial charge in [0.05, 0.1) is 0 Å². The maximum atomic E-state index is 12.8. The molecule has 0 heterocycles. The second kappa shape index (κ2) is 9.37. The van der Waals surface area contributed by atoms with E-state index >= 15 is 0 Å². The summed E-state index contributed by atoms with van der Waals surface area (Å²) in [5.41, 5.74) is -2.33. The van der Waals surface area contributed by atoms with Crippen molar-refractivity contribution in [3.63, 3.8) is 0 Å². The molecule has 0 amide bonds. The van der Waals surface area contributed by atoms with E-state index in [2.05, 4.69) is 0 Å². The lowest BCUT2D eigenvalue weighted by Crippen LogP contribution is -2.42. The minimum atomic E-state index is -4.63. The molecule has 1 aromatic carbocycles. The Morgan fingerprint density at radius 1 is 1.03 bits per heavy atom. The highest BCUT2D eigenvalue weighted by atomic mass is 19.4. The van der Waals surface area contributed by atoms with Crippen LogP contribution in [-0.4, -0.2) is 28.6 Å². The highest BCUT2D eigenvalue weighted by Crippen LogP contribution is 2.38. The van der Waals surface area contributed by atoms with Gasteiger partial charge in [0.25, 0.3) is 0 Å². The summed E-state index contributed by atoms with van der Waals surface area (Å²) in [5, 5.41) is 9.63. The number of ether oxygens (including phenoxy) is 2. The summed E-state index contributed by atoms with van der Waals surface area (Å²) in [6, 6.07) is 7.00. The van der Waals surface area contributed by atoms with E-state index in [1.54, 1.807) is 32.9 Å². The molecule has 1 rings (SSSR count). The molecule has 0 saturated carbocycles. The molecule has 4 unspecified atom stereocenters. The summed E-state index contributed by atoms with van der Waals surface area (Å²) in [5.74, 6) is 0.515. The van der Waals surface area contributed by atoms with Crippen molar-refractivity contribution in [1.82, 2.24) is 0 Å². The van der Waals surface area contributed by atoms with E-state index in [-0.39, 0.29) is 30.6 Å². The van der Waals surface area contributed by atoms with Gasteiger partial charge in [0.15, 0.2) is 5.60 Å². The molecule has 4 nitrogen and oxygen atoms in total. The van der Waals surface area contributed by atoms with Crippen LogP contribution in [-0.2, 0) is 4.74 Å². The topological polar surface area (TPSA) is 55.8 Å². The van der Waals surface area contributed by atoms with E-state index in [0.29, 0.717) is 5.75 Å². The van der Waals surface area contributed by atoms with Crippen molar-refractivity contribution < 1.29 is 32.5 Å². The summed E-state index contributed by atoms with van der Waals surface area (Å²) in [6.07, 6.45) is -5.49. The third kappa shape index (κ3) is 7.88. The van der Waals surface area contributed by atoms with Crippen molar-refractivity contribution in [2.75, 3.05) is 0 Å². The number of benzene rings is 1. The van der Waals surface area contributed by atoms with Crippen LogP contribution in [0.2, 0.25) is 0 Å². The van der Waals surface area contributed by atoms with Crippen LogP contribution in [0, 0.1) is 11.8 Å². The molecular weight excluding hydrogens is 385 g/mol. The summed E-state index contributed by atoms with van der Waals surface area (Å²) in [4.78, 5) is 11.7. The highest BCUT2D eigenvalue weighted by molar-refractivity contribution is 5.64. The molecule has 4 atom stereocenters. The Bertz CT molecular complexity index is 660. The Labute approximate surface area is 171 Å². The van der Waals surface area contributed by atoms with Gasteiger partial charge >= 0.3 is 12.3 Å². The molecule has 0 aliphatic carbocycles. The van der Waals surface area contributed by atoms with Crippen LogP contribution in [0.25, 0.3) is 0 Å². The number of carbonyl (C=O) groups excluding carboxylic acids is 1. The quantitative estimate of drug-likeness (QED) is 0.407. The molecule has 166 valence electrons. The number of hydrogen-bond donors (Lipinski definition) is 1. The minimum absolute atomic E-state index is 0.0171. The molecule has 0 aromatic heterocycles. The smallest absolute Gasteiger partial charge is 0.428 e. The molecule has 1 aromatic rings. The number of carbonyl (C=O) groups is 1. The molecular formula is C22H33F3O4. The van der Waals surface area contributed by atoms with E-state index in [0.717, 1.165) is 12.5 Å². The fraction of sp³-hybridized carbons (Fsp3) is 0.682. The second-order valence-electron chi connectivity index (χ2n) is 9.07. The second-order valence-corrected chi connectivity index (χ2v) is 9.07. The number of halogens is 3. The van der Waals surface area contributed by atoms with Crippen molar-refractivity contribution in [2.45, 2.75) is 84.6 Å². The molecule has 0 aliphatic heterocycles. The first-order valence-electron chi connectivity index (χ1n) is 9.83. The van der Waals surface area contributed by atoms with Crippen molar-refractivity contribution in [3.05, 3.63) is 29.8 Å². The third-order valence-electron chi connectivity index (χ3n) is 5.38. The summed E-state index contributed by atoms with van der Waals surface area (Å²) < 4.78 is 48.7. The summed E-state index contributed by atoms with van der Waals surface area (Å²) in [7, 11) is 0. The van der Waals surface area contributed by atoms with Gasteiger partial charge in [0.1, 0.15) is 11.4 Å². The Balaban J connectivity index is 2.68. The Hall–Kier alpha value is -1.76. The Morgan fingerprint density at radius 2 is 1.55 bits per heavy atom. The lowest BCUT2D eigenvalue weighted by molar-refractivity contribution is -0.256. The highest BCUT2D eigenvalue weighted by Gasteiger charge is 2.49. The van der Waals surface area contributed by atoms with Crippen molar-refractivity contribution in [3.8, 4) is 5.75 Å². The van der Waals surface area contributed by atoms with Crippen LogP contribution >= 0.6 is 0 Å². The van der Waals surface area contributed by atoms with Crippen molar-refractivity contribution in [2.24, 2.45) is 11.8 Å². The zero-order chi connectivity index (χ0) is 22.6. The van der Waals surface area contributed by atoms with Gasteiger partial charge in [-0.1, -0.05) is 32.9 Å². The monoisotopic (exact) mass is 418 g/mol. The van der Waals surface area contributed by atoms with Gasteiger partial charge in [-0.2, -0.15) is 13.2 Å². The maximum Gasteiger partial charge on any atom is 0.514 e.